The molecule has 4 heteroatoms. The molecule has 4 nitrogen and oxygen atoms in total. The number of carbonyl (C=O) groups is 1. The number of amides is 1. The molecular formula is C16H17NO3. The first-order valence-electron chi connectivity index (χ1n) is 6.49. The van der Waals surface area contributed by atoms with Crippen LogP contribution in [0, 0.1) is 0 Å². The van der Waals surface area contributed by atoms with E-state index < -0.39 is 0 Å². The number of carbonyl (C=O) groups excluding carboxylic acids is 1. The number of nitrogens with one attached hydrogen (secondary N) is 1. The van der Waals surface area contributed by atoms with Crippen LogP contribution in [0.3, 0.4) is 0 Å². The van der Waals surface area contributed by atoms with Crippen LogP contribution in [0.4, 0.5) is 5.69 Å². The zero-order valence-electron chi connectivity index (χ0n) is 11.3. The van der Waals surface area contributed by atoms with Crippen LogP contribution in [0.5, 0.6) is 11.5 Å². The second-order valence-electron chi connectivity index (χ2n) is 4.08. The van der Waals surface area contributed by atoms with Crippen molar-refractivity contribution < 1.29 is 14.3 Å². The first-order chi connectivity index (χ1) is 9.79. The fourth-order valence-electron chi connectivity index (χ4n) is 1.70. The van der Waals surface area contributed by atoms with E-state index in [4.69, 9.17) is 9.47 Å². The number of hydrogen-bond acceptors (Lipinski definition) is 3. The maximum atomic E-state index is 11.9. The molecule has 0 aliphatic carbocycles. The minimum Gasteiger partial charge on any atom is -0.492 e. The smallest absolute Gasteiger partial charge is 0.262 e. The average molecular weight is 271 g/mol. The molecule has 2 aromatic carbocycles. The van der Waals surface area contributed by atoms with Crippen molar-refractivity contribution in [1.29, 1.82) is 0 Å². The van der Waals surface area contributed by atoms with Gasteiger partial charge >= 0.3 is 0 Å². The Morgan fingerprint density at radius 1 is 1.00 bits per heavy atom. The number of benzene rings is 2. The van der Waals surface area contributed by atoms with Gasteiger partial charge in [0.15, 0.2) is 6.61 Å². The van der Waals surface area contributed by atoms with Gasteiger partial charge in [-0.1, -0.05) is 30.3 Å². The first kappa shape index (κ1) is 13.9. The molecule has 0 saturated carbocycles. The van der Waals surface area contributed by atoms with Crippen molar-refractivity contribution in [1.82, 2.24) is 0 Å². The van der Waals surface area contributed by atoms with Gasteiger partial charge in [0.25, 0.3) is 5.91 Å². The first-order valence-corrected chi connectivity index (χ1v) is 6.49. The molecule has 2 rings (SSSR count). The molecule has 0 fully saturated rings. The van der Waals surface area contributed by atoms with Gasteiger partial charge in [-0.05, 0) is 31.2 Å². The summed E-state index contributed by atoms with van der Waals surface area (Å²) in [7, 11) is 0. The Balaban J connectivity index is 1.91. The van der Waals surface area contributed by atoms with Crippen molar-refractivity contribution in [2.24, 2.45) is 0 Å². The zero-order chi connectivity index (χ0) is 14.2. The third-order valence-electron chi connectivity index (χ3n) is 2.57. The Kier molecular flexibility index (Phi) is 5.00. The van der Waals surface area contributed by atoms with Crippen LogP contribution in [-0.2, 0) is 4.79 Å². The number of rotatable bonds is 6. The summed E-state index contributed by atoms with van der Waals surface area (Å²) in [5, 5.41) is 2.78. The Hall–Kier alpha value is -2.49. The van der Waals surface area contributed by atoms with Gasteiger partial charge in [0.2, 0.25) is 0 Å². The van der Waals surface area contributed by atoms with E-state index >= 15 is 0 Å². The topological polar surface area (TPSA) is 47.6 Å². The highest BCUT2D eigenvalue weighted by Crippen LogP contribution is 2.23. The molecule has 1 N–H and O–H groups in total. The molecule has 104 valence electrons. The summed E-state index contributed by atoms with van der Waals surface area (Å²) in [6.45, 7) is 2.41. The fourth-order valence-corrected chi connectivity index (χ4v) is 1.70. The molecular weight excluding hydrogens is 254 g/mol. The van der Waals surface area contributed by atoms with E-state index in [1.165, 1.54) is 0 Å². The molecule has 0 aliphatic heterocycles. The van der Waals surface area contributed by atoms with Crippen molar-refractivity contribution >= 4 is 11.6 Å². The van der Waals surface area contributed by atoms with Crippen molar-refractivity contribution in [3.05, 3.63) is 54.6 Å². The van der Waals surface area contributed by atoms with E-state index in [1.54, 1.807) is 18.2 Å². The van der Waals surface area contributed by atoms with Crippen LogP contribution in [0.25, 0.3) is 0 Å². The van der Waals surface area contributed by atoms with Crippen molar-refractivity contribution in [3.63, 3.8) is 0 Å². The summed E-state index contributed by atoms with van der Waals surface area (Å²) in [6, 6.07) is 16.5. The zero-order valence-corrected chi connectivity index (χ0v) is 11.3. The number of hydrogen-bond donors (Lipinski definition) is 1. The summed E-state index contributed by atoms with van der Waals surface area (Å²) in [5.41, 5.74) is 0.649. The minimum absolute atomic E-state index is 0.0372. The van der Waals surface area contributed by atoms with E-state index in [0.29, 0.717) is 23.8 Å². The van der Waals surface area contributed by atoms with Gasteiger partial charge in [0.1, 0.15) is 11.5 Å². The fraction of sp³-hybridized carbons (Fsp3) is 0.188. The van der Waals surface area contributed by atoms with Gasteiger partial charge in [0, 0.05) is 0 Å². The van der Waals surface area contributed by atoms with Crippen LogP contribution in [-0.4, -0.2) is 19.1 Å². The summed E-state index contributed by atoms with van der Waals surface area (Å²) < 4.78 is 10.8. The molecule has 0 aromatic heterocycles. The largest absolute Gasteiger partial charge is 0.492 e. The van der Waals surface area contributed by atoms with Crippen LogP contribution < -0.4 is 14.8 Å². The Bertz CT molecular complexity index is 555. The van der Waals surface area contributed by atoms with E-state index in [-0.39, 0.29) is 12.5 Å². The van der Waals surface area contributed by atoms with Crippen molar-refractivity contribution in [3.8, 4) is 11.5 Å². The summed E-state index contributed by atoms with van der Waals surface area (Å²) in [4.78, 5) is 11.9. The van der Waals surface area contributed by atoms with Crippen molar-refractivity contribution in [2.75, 3.05) is 18.5 Å². The maximum Gasteiger partial charge on any atom is 0.262 e. The van der Waals surface area contributed by atoms with Gasteiger partial charge in [-0.15, -0.1) is 0 Å². The van der Waals surface area contributed by atoms with Gasteiger partial charge < -0.3 is 14.8 Å². The van der Waals surface area contributed by atoms with Gasteiger partial charge in [-0.25, -0.2) is 0 Å². The summed E-state index contributed by atoms with van der Waals surface area (Å²) >= 11 is 0. The third kappa shape index (κ3) is 4.02. The lowest BCUT2D eigenvalue weighted by atomic mass is 10.3. The molecule has 0 radical (unpaired) electrons. The van der Waals surface area contributed by atoms with E-state index in [0.717, 1.165) is 0 Å². The highest BCUT2D eigenvalue weighted by atomic mass is 16.5. The molecule has 0 aliphatic rings. The summed E-state index contributed by atoms with van der Waals surface area (Å²) in [5.74, 6) is 1.10. The Morgan fingerprint density at radius 3 is 2.45 bits per heavy atom. The highest BCUT2D eigenvalue weighted by molar-refractivity contribution is 5.93. The second kappa shape index (κ2) is 7.19. The monoisotopic (exact) mass is 271 g/mol. The Labute approximate surface area is 118 Å². The lowest BCUT2D eigenvalue weighted by Gasteiger charge is -2.11. The molecule has 0 unspecified atom stereocenters. The van der Waals surface area contributed by atoms with Gasteiger partial charge in [-0.3, -0.25) is 4.79 Å². The van der Waals surface area contributed by atoms with Gasteiger partial charge in [-0.2, -0.15) is 0 Å². The van der Waals surface area contributed by atoms with Crippen LogP contribution >= 0.6 is 0 Å². The molecule has 0 heterocycles. The molecule has 0 spiro atoms. The quantitative estimate of drug-likeness (QED) is 0.878. The van der Waals surface area contributed by atoms with Crippen molar-refractivity contribution in [2.45, 2.75) is 6.92 Å². The van der Waals surface area contributed by atoms with Crippen LogP contribution in [0.15, 0.2) is 54.6 Å². The summed E-state index contributed by atoms with van der Waals surface area (Å²) in [6.07, 6.45) is 0. The Morgan fingerprint density at radius 2 is 1.70 bits per heavy atom. The standard InChI is InChI=1S/C16H17NO3/c1-2-19-15-11-7-6-10-14(15)17-16(18)12-20-13-8-4-3-5-9-13/h3-11H,2,12H2,1H3,(H,17,18). The molecule has 0 saturated heterocycles. The third-order valence-corrected chi connectivity index (χ3v) is 2.57. The maximum absolute atomic E-state index is 11.9. The lowest BCUT2D eigenvalue weighted by Crippen LogP contribution is -2.20. The number of para-hydroxylation sites is 3. The predicted molar refractivity (Wildman–Crippen MR) is 78.2 cm³/mol. The van der Waals surface area contributed by atoms with E-state index in [9.17, 15) is 4.79 Å². The number of anilines is 1. The van der Waals surface area contributed by atoms with Crippen LogP contribution in [0.1, 0.15) is 6.92 Å². The highest BCUT2D eigenvalue weighted by Gasteiger charge is 2.07. The normalized spacial score (nSPS) is 9.85. The molecule has 2 aromatic rings. The molecule has 0 atom stereocenters. The molecule has 1 amide bonds. The average Bonchev–Trinajstić information content (AvgIpc) is 2.49. The predicted octanol–water partition coefficient (Wildman–Crippen LogP) is 3.10. The van der Waals surface area contributed by atoms with E-state index in [2.05, 4.69) is 5.32 Å². The lowest BCUT2D eigenvalue weighted by molar-refractivity contribution is -0.118. The number of ether oxygens (including phenoxy) is 2. The minimum atomic E-state index is -0.221. The SMILES string of the molecule is CCOc1ccccc1NC(=O)COc1ccccc1. The molecule has 20 heavy (non-hydrogen) atoms. The second-order valence-corrected chi connectivity index (χ2v) is 4.08. The molecule has 0 bridgehead atoms. The van der Waals surface area contributed by atoms with Crippen LogP contribution in [0.2, 0.25) is 0 Å². The van der Waals surface area contributed by atoms with E-state index in [1.807, 2.05) is 43.3 Å². The van der Waals surface area contributed by atoms with Gasteiger partial charge in [0.05, 0.1) is 12.3 Å².